The highest BCUT2D eigenvalue weighted by Crippen LogP contribution is 2.29. The summed E-state index contributed by atoms with van der Waals surface area (Å²) in [6.07, 6.45) is 2.95. The summed E-state index contributed by atoms with van der Waals surface area (Å²) in [6, 6.07) is 3.03. The van der Waals surface area contributed by atoms with Crippen LogP contribution < -0.4 is 5.32 Å². The first-order valence-electron chi connectivity index (χ1n) is 5.81. The smallest absolute Gasteiger partial charge is 0.194 e. The summed E-state index contributed by atoms with van der Waals surface area (Å²) in [5.41, 5.74) is 1.28. The van der Waals surface area contributed by atoms with Gasteiger partial charge in [-0.3, -0.25) is 9.67 Å². The second kappa shape index (κ2) is 3.50. The van der Waals surface area contributed by atoms with E-state index >= 15 is 0 Å². The van der Waals surface area contributed by atoms with Gasteiger partial charge in [0.25, 0.3) is 0 Å². The van der Waals surface area contributed by atoms with E-state index in [9.17, 15) is 0 Å². The molecule has 86 valence electrons. The molecule has 2 atom stereocenters. The van der Waals surface area contributed by atoms with E-state index in [-0.39, 0.29) is 0 Å². The van der Waals surface area contributed by atoms with Gasteiger partial charge in [0.15, 0.2) is 5.96 Å². The second-order valence-corrected chi connectivity index (χ2v) is 4.59. The first kappa shape index (κ1) is 9.69. The van der Waals surface area contributed by atoms with Gasteiger partial charge in [-0.2, -0.15) is 5.10 Å². The first-order chi connectivity index (χ1) is 7.75. The van der Waals surface area contributed by atoms with Crippen LogP contribution in [0.15, 0.2) is 17.3 Å². The van der Waals surface area contributed by atoms with E-state index in [1.165, 1.54) is 5.69 Å². The maximum Gasteiger partial charge on any atom is 0.194 e. The predicted octanol–water partition coefficient (Wildman–Crippen LogP) is 0.515. The maximum absolute atomic E-state index is 4.53. The fourth-order valence-electron chi connectivity index (χ4n) is 2.61. The fourth-order valence-corrected chi connectivity index (χ4v) is 2.61. The second-order valence-electron chi connectivity index (χ2n) is 4.59. The topological polar surface area (TPSA) is 45.5 Å². The van der Waals surface area contributed by atoms with Crippen LogP contribution in [0.1, 0.15) is 25.1 Å². The minimum absolute atomic E-state index is 0.428. The SMILES string of the molecule is CC1CN2C(=NCCC2c2ccnn2C)N1. The molecule has 0 spiro atoms. The number of guanidine groups is 1. The largest absolute Gasteiger partial charge is 0.352 e. The predicted molar refractivity (Wildman–Crippen MR) is 62.2 cm³/mol. The molecule has 2 aliphatic heterocycles. The number of aliphatic imine (C=N–C) groups is 1. The van der Waals surface area contributed by atoms with Crippen molar-refractivity contribution in [2.75, 3.05) is 13.1 Å². The number of hydrogen-bond donors (Lipinski definition) is 1. The van der Waals surface area contributed by atoms with Crippen LogP contribution in [0, 0.1) is 0 Å². The van der Waals surface area contributed by atoms with Gasteiger partial charge in [-0.25, -0.2) is 0 Å². The third kappa shape index (κ3) is 1.38. The Kier molecular flexibility index (Phi) is 2.12. The molecule has 5 nitrogen and oxygen atoms in total. The lowest BCUT2D eigenvalue weighted by molar-refractivity contribution is 0.291. The highest BCUT2D eigenvalue weighted by atomic mass is 15.4. The van der Waals surface area contributed by atoms with E-state index in [1.54, 1.807) is 0 Å². The van der Waals surface area contributed by atoms with Gasteiger partial charge in [-0.05, 0) is 19.4 Å². The normalized spacial score (nSPS) is 28.6. The number of nitrogens with zero attached hydrogens (tertiary/aromatic N) is 4. The van der Waals surface area contributed by atoms with Gasteiger partial charge in [0, 0.05) is 32.4 Å². The van der Waals surface area contributed by atoms with Crippen LogP contribution in [-0.4, -0.2) is 39.8 Å². The van der Waals surface area contributed by atoms with Crippen LogP contribution >= 0.6 is 0 Å². The zero-order valence-electron chi connectivity index (χ0n) is 9.72. The van der Waals surface area contributed by atoms with Crippen molar-refractivity contribution in [2.45, 2.75) is 25.4 Å². The Morgan fingerprint density at radius 2 is 2.38 bits per heavy atom. The van der Waals surface area contributed by atoms with Crippen molar-refractivity contribution in [3.05, 3.63) is 18.0 Å². The zero-order valence-corrected chi connectivity index (χ0v) is 9.72. The number of rotatable bonds is 1. The number of aromatic nitrogens is 2. The summed E-state index contributed by atoms with van der Waals surface area (Å²) in [6.45, 7) is 4.14. The lowest BCUT2D eigenvalue weighted by atomic mass is 10.1. The number of hydrogen-bond acceptors (Lipinski definition) is 4. The van der Waals surface area contributed by atoms with Crippen LogP contribution in [0.2, 0.25) is 0 Å². The number of aryl methyl sites for hydroxylation is 1. The van der Waals surface area contributed by atoms with Crippen molar-refractivity contribution >= 4 is 5.96 Å². The van der Waals surface area contributed by atoms with Crippen LogP contribution in [0.3, 0.4) is 0 Å². The number of nitrogens with one attached hydrogen (secondary N) is 1. The Morgan fingerprint density at radius 1 is 1.50 bits per heavy atom. The highest BCUT2D eigenvalue weighted by molar-refractivity contribution is 5.83. The molecule has 3 rings (SSSR count). The minimum Gasteiger partial charge on any atom is -0.352 e. The van der Waals surface area contributed by atoms with Crippen molar-refractivity contribution in [1.82, 2.24) is 20.0 Å². The number of fused-ring (bicyclic) bond motifs is 1. The molecular formula is C11H17N5. The maximum atomic E-state index is 4.53. The molecule has 2 aliphatic rings. The molecule has 0 radical (unpaired) electrons. The van der Waals surface area contributed by atoms with Crippen LogP contribution in [-0.2, 0) is 7.05 Å². The third-order valence-corrected chi connectivity index (χ3v) is 3.36. The first-order valence-corrected chi connectivity index (χ1v) is 5.81. The third-order valence-electron chi connectivity index (χ3n) is 3.36. The van der Waals surface area contributed by atoms with Gasteiger partial charge >= 0.3 is 0 Å². The van der Waals surface area contributed by atoms with Crippen molar-refractivity contribution in [3.63, 3.8) is 0 Å². The summed E-state index contributed by atoms with van der Waals surface area (Å²) < 4.78 is 1.97. The van der Waals surface area contributed by atoms with E-state index in [0.717, 1.165) is 25.5 Å². The minimum atomic E-state index is 0.428. The highest BCUT2D eigenvalue weighted by Gasteiger charge is 2.34. The fraction of sp³-hybridized carbons (Fsp3) is 0.636. The molecule has 2 unspecified atom stereocenters. The standard InChI is InChI=1S/C11H17N5/c1-8-7-16-10(3-5-12-11(16)14-8)9-4-6-13-15(9)2/h4,6,8,10H,3,5,7H2,1-2H3,(H,12,14). The van der Waals surface area contributed by atoms with Crippen molar-refractivity contribution in [1.29, 1.82) is 0 Å². The van der Waals surface area contributed by atoms with Gasteiger partial charge in [0.1, 0.15) is 0 Å². The van der Waals surface area contributed by atoms with E-state index in [1.807, 2.05) is 17.9 Å². The average molecular weight is 219 g/mol. The summed E-state index contributed by atoms with van der Waals surface area (Å²) in [5.74, 6) is 1.06. The summed E-state index contributed by atoms with van der Waals surface area (Å²) in [5, 5.41) is 7.67. The quantitative estimate of drug-likeness (QED) is 0.748. The van der Waals surface area contributed by atoms with E-state index in [0.29, 0.717) is 12.1 Å². The van der Waals surface area contributed by atoms with Gasteiger partial charge in [0.05, 0.1) is 11.7 Å². The molecule has 0 amide bonds. The molecular weight excluding hydrogens is 202 g/mol. The van der Waals surface area contributed by atoms with Gasteiger partial charge in [-0.1, -0.05) is 0 Å². The Hall–Kier alpha value is -1.52. The van der Waals surface area contributed by atoms with Crippen LogP contribution in [0.5, 0.6) is 0 Å². The van der Waals surface area contributed by atoms with E-state index in [4.69, 9.17) is 0 Å². The average Bonchev–Trinajstić information content (AvgIpc) is 2.82. The Labute approximate surface area is 95.2 Å². The molecule has 1 N–H and O–H groups in total. The monoisotopic (exact) mass is 219 g/mol. The Morgan fingerprint density at radius 3 is 3.12 bits per heavy atom. The summed E-state index contributed by atoms with van der Waals surface area (Å²) in [4.78, 5) is 6.90. The van der Waals surface area contributed by atoms with Gasteiger partial charge in [-0.15, -0.1) is 0 Å². The molecule has 3 heterocycles. The van der Waals surface area contributed by atoms with E-state index < -0.39 is 0 Å². The molecule has 1 aromatic rings. The lowest BCUT2D eigenvalue weighted by Crippen LogP contribution is -2.38. The Balaban J connectivity index is 1.93. The molecule has 1 saturated heterocycles. The van der Waals surface area contributed by atoms with Crippen LogP contribution in [0.4, 0.5) is 0 Å². The molecule has 5 heteroatoms. The van der Waals surface area contributed by atoms with E-state index in [2.05, 4.69) is 33.3 Å². The molecule has 0 aromatic carbocycles. The Bertz CT molecular complexity index is 422. The van der Waals surface area contributed by atoms with Crippen molar-refractivity contribution in [3.8, 4) is 0 Å². The zero-order chi connectivity index (χ0) is 11.1. The summed E-state index contributed by atoms with van der Waals surface area (Å²) in [7, 11) is 2.01. The van der Waals surface area contributed by atoms with Gasteiger partial charge in [0.2, 0.25) is 0 Å². The molecule has 1 fully saturated rings. The molecule has 16 heavy (non-hydrogen) atoms. The molecule has 1 aromatic heterocycles. The summed E-state index contributed by atoms with van der Waals surface area (Å²) >= 11 is 0. The van der Waals surface area contributed by atoms with Crippen molar-refractivity contribution < 1.29 is 0 Å². The molecule has 0 saturated carbocycles. The van der Waals surface area contributed by atoms with Gasteiger partial charge < -0.3 is 10.2 Å². The lowest BCUT2D eigenvalue weighted by Gasteiger charge is -2.31. The van der Waals surface area contributed by atoms with Crippen LogP contribution in [0.25, 0.3) is 0 Å². The molecule has 0 bridgehead atoms. The molecule has 0 aliphatic carbocycles. The van der Waals surface area contributed by atoms with Crippen molar-refractivity contribution in [2.24, 2.45) is 12.0 Å².